The van der Waals surface area contributed by atoms with Crippen molar-refractivity contribution in [2.24, 2.45) is 5.10 Å². The van der Waals surface area contributed by atoms with Gasteiger partial charge in [0.25, 0.3) is 11.8 Å². The molecule has 36 heavy (non-hydrogen) atoms. The molecule has 0 aliphatic heterocycles. The maximum Gasteiger partial charge on any atom is 0.294 e. The van der Waals surface area contributed by atoms with Crippen LogP contribution in [0.1, 0.15) is 52.8 Å². The first-order valence-corrected chi connectivity index (χ1v) is 12.5. The van der Waals surface area contributed by atoms with E-state index in [4.69, 9.17) is 32.4 Å². The summed E-state index contributed by atoms with van der Waals surface area (Å²) in [4.78, 5) is 27.5. The Morgan fingerprint density at radius 1 is 1.14 bits per heavy atom. The summed E-state index contributed by atoms with van der Waals surface area (Å²) in [7, 11) is 0. The van der Waals surface area contributed by atoms with Gasteiger partial charge < -0.3 is 14.1 Å². The van der Waals surface area contributed by atoms with Gasteiger partial charge in [0.1, 0.15) is 11.5 Å². The zero-order valence-electron chi connectivity index (χ0n) is 20.4. The zero-order valence-corrected chi connectivity index (χ0v) is 21.9. The molecule has 3 aromatic rings. The van der Waals surface area contributed by atoms with Crippen LogP contribution in [0.5, 0.6) is 5.75 Å². The first kappa shape index (κ1) is 25.8. The lowest BCUT2D eigenvalue weighted by molar-refractivity contribution is -0.123. The predicted octanol–water partition coefficient (Wildman–Crippen LogP) is 6.11. The summed E-state index contributed by atoms with van der Waals surface area (Å²) in [6.45, 7) is 6.02. The number of anilines is 1. The van der Waals surface area contributed by atoms with Gasteiger partial charge in [0.2, 0.25) is 0 Å². The van der Waals surface area contributed by atoms with E-state index in [2.05, 4.69) is 10.5 Å². The number of amides is 2. The Hall–Kier alpha value is -3.29. The van der Waals surface area contributed by atoms with E-state index >= 15 is 0 Å². The summed E-state index contributed by atoms with van der Waals surface area (Å²) in [6, 6.07) is 12.6. The van der Waals surface area contributed by atoms with E-state index in [0.717, 1.165) is 28.8 Å². The monoisotopic (exact) mass is 527 g/mol. The topological polar surface area (TPSA) is 84.1 Å². The van der Waals surface area contributed by atoms with Gasteiger partial charge in [-0.2, -0.15) is 5.10 Å². The van der Waals surface area contributed by atoms with Crippen LogP contribution in [0.25, 0.3) is 0 Å². The normalized spacial score (nSPS) is 13.9. The average molecular weight is 528 g/mol. The summed E-state index contributed by atoms with van der Waals surface area (Å²) >= 11 is 12.0. The van der Waals surface area contributed by atoms with Crippen LogP contribution in [0.2, 0.25) is 10.0 Å². The Bertz CT molecular complexity index is 1330. The maximum absolute atomic E-state index is 13.5. The van der Waals surface area contributed by atoms with Crippen LogP contribution in [0.3, 0.4) is 0 Å². The number of ether oxygens (including phenoxy) is 1. The standard InChI is InChI=1S/C27H27Cl2N3O4/c1-4-32(19-8-5-7-16(2)13-19)27(34)26-17(3)25-21(9-6-10-23(25)36-26)30-31-24(33)15-35-22-12-11-18(28)14-20(22)29/h5,7-8,11-14H,4,6,9-10,15H2,1-3H3,(H,31,33)/b30-21+. The number of rotatable bonds is 7. The molecule has 0 radical (unpaired) electrons. The van der Waals surface area contributed by atoms with Crippen LogP contribution in [-0.2, 0) is 11.2 Å². The van der Waals surface area contributed by atoms with Gasteiger partial charge in [-0.15, -0.1) is 0 Å². The largest absolute Gasteiger partial charge is 0.482 e. The highest BCUT2D eigenvalue weighted by molar-refractivity contribution is 6.35. The van der Waals surface area contributed by atoms with Crippen LogP contribution in [0.15, 0.2) is 52.0 Å². The van der Waals surface area contributed by atoms with Gasteiger partial charge in [0.15, 0.2) is 12.4 Å². The van der Waals surface area contributed by atoms with Crippen molar-refractivity contribution in [1.82, 2.24) is 5.43 Å². The Kier molecular flexibility index (Phi) is 8.01. The number of hydrazone groups is 1. The molecular formula is C27H27Cl2N3O4. The highest BCUT2D eigenvalue weighted by Gasteiger charge is 2.30. The van der Waals surface area contributed by atoms with Crippen LogP contribution in [0.4, 0.5) is 5.69 Å². The predicted molar refractivity (Wildman–Crippen MR) is 142 cm³/mol. The van der Waals surface area contributed by atoms with Crippen molar-refractivity contribution in [3.05, 3.63) is 80.7 Å². The lowest BCUT2D eigenvalue weighted by Crippen LogP contribution is -2.31. The van der Waals surface area contributed by atoms with E-state index in [1.165, 1.54) is 0 Å². The number of nitrogens with zero attached hydrogens (tertiary/aromatic N) is 2. The number of hydrogen-bond donors (Lipinski definition) is 1. The number of halogens is 2. The Morgan fingerprint density at radius 2 is 1.94 bits per heavy atom. The molecular weight excluding hydrogens is 501 g/mol. The zero-order chi connectivity index (χ0) is 25.8. The molecule has 0 saturated carbocycles. The third-order valence-corrected chi connectivity index (χ3v) is 6.49. The van der Waals surface area contributed by atoms with E-state index in [1.54, 1.807) is 23.1 Å². The molecule has 2 amide bonds. The van der Waals surface area contributed by atoms with E-state index in [-0.39, 0.29) is 12.5 Å². The molecule has 0 atom stereocenters. The van der Waals surface area contributed by atoms with E-state index < -0.39 is 5.91 Å². The fraction of sp³-hybridized carbons (Fsp3) is 0.296. The highest BCUT2D eigenvalue weighted by Crippen LogP contribution is 2.32. The van der Waals surface area contributed by atoms with Gasteiger partial charge in [0.05, 0.1) is 10.7 Å². The lowest BCUT2D eigenvalue weighted by atomic mass is 9.93. The van der Waals surface area contributed by atoms with Crippen LogP contribution >= 0.6 is 23.2 Å². The molecule has 0 bridgehead atoms. The summed E-state index contributed by atoms with van der Waals surface area (Å²) in [5.41, 5.74) is 6.61. The molecule has 2 aromatic carbocycles. The Labute approximate surface area is 220 Å². The van der Waals surface area contributed by atoms with Gasteiger partial charge in [-0.3, -0.25) is 9.59 Å². The second-order valence-corrected chi connectivity index (χ2v) is 9.40. The summed E-state index contributed by atoms with van der Waals surface area (Å²) in [5.74, 6) is 0.720. The van der Waals surface area contributed by atoms with Crippen LogP contribution in [-0.4, -0.2) is 30.7 Å². The molecule has 0 saturated heterocycles. The van der Waals surface area contributed by atoms with Gasteiger partial charge in [-0.05, 0) is 69.5 Å². The SMILES string of the molecule is CCN(C(=O)c1oc2c(c1C)/C(=N/NC(=O)COc1ccc(Cl)cc1Cl)CCC2)c1cccc(C)c1. The first-order chi connectivity index (χ1) is 17.3. The third kappa shape index (κ3) is 5.58. The number of benzene rings is 2. The first-order valence-electron chi connectivity index (χ1n) is 11.7. The molecule has 9 heteroatoms. The summed E-state index contributed by atoms with van der Waals surface area (Å²) in [5, 5.41) is 5.13. The van der Waals surface area contributed by atoms with Gasteiger partial charge in [0, 0.05) is 34.8 Å². The van der Waals surface area contributed by atoms with E-state index in [1.807, 2.05) is 45.0 Å². The minimum atomic E-state index is -0.435. The van der Waals surface area contributed by atoms with Gasteiger partial charge >= 0.3 is 0 Å². The Morgan fingerprint density at radius 3 is 2.67 bits per heavy atom. The minimum absolute atomic E-state index is 0.202. The number of hydrogen-bond acceptors (Lipinski definition) is 5. The van der Waals surface area contributed by atoms with Crippen molar-refractivity contribution in [2.45, 2.75) is 40.0 Å². The average Bonchev–Trinajstić information content (AvgIpc) is 3.19. The quantitative estimate of drug-likeness (QED) is 0.376. The second kappa shape index (κ2) is 11.2. The molecule has 1 N–H and O–H groups in total. The molecule has 1 aliphatic rings. The van der Waals surface area contributed by atoms with Crippen LogP contribution < -0.4 is 15.1 Å². The molecule has 0 spiro atoms. The van der Waals surface area contributed by atoms with E-state index in [9.17, 15) is 9.59 Å². The number of furan rings is 1. The number of carbonyl (C=O) groups excluding carboxylic acids is 2. The lowest BCUT2D eigenvalue weighted by Gasteiger charge is -2.20. The fourth-order valence-electron chi connectivity index (χ4n) is 4.24. The van der Waals surface area contributed by atoms with Crippen molar-refractivity contribution in [3.63, 3.8) is 0 Å². The van der Waals surface area contributed by atoms with Crippen molar-refractivity contribution in [2.75, 3.05) is 18.1 Å². The summed E-state index contributed by atoms with van der Waals surface area (Å²) in [6.07, 6.45) is 2.15. The van der Waals surface area contributed by atoms with Crippen molar-refractivity contribution >= 4 is 46.4 Å². The van der Waals surface area contributed by atoms with Crippen molar-refractivity contribution in [3.8, 4) is 5.75 Å². The maximum atomic E-state index is 13.5. The summed E-state index contributed by atoms with van der Waals surface area (Å²) < 4.78 is 11.5. The molecule has 1 aromatic heterocycles. The molecule has 1 aliphatic carbocycles. The highest BCUT2D eigenvalue weighted by atomic mass is 35.5. The molecule has 0 unspecified atom stereocenters. The molecule has 188 valence electrons. The minimum Gasteiger partial charge on any atom is -0.482 e. The van der Waals surface area contributed by atoms with Gasteiger partial charge in [-0.25, -0.2) is 5.43 Å². The van der Waals surface area contributed by atoms with Crippen LogP contribution in [0, 0.1) is 13.8 Å². The number of nitrogens with one attached hydrogen (secondary N) is 1. The van der Waals surface area contributed by atoms with Crippen molar-refractivity contribution in [1.29, 1.82) is 0 Å². The molecule has 7 nitrogen and oxygen atoms in total. The third-order valence-electron chi connectivity index (χ3n) is 5.96. The van der Waals surface area contributed by atoms with Gasteiger partial charge in [-0.1, -0.05) is 35.3 Å². The fourth-order valence-corrected chi connectivity index (χ4v) is 4.71. The van der Waals surface area contributed by atoms with Crippen molar-refractivity contribution < 1.29 is 18.7 Å². The number of carbonyl (C=O) groups is 2. The van der Waals surface area contributed by atoms with E-state index in [0.29, 0.717) is 52.4 Å². The number of aryl methyl sites for hydroxylation is 2. The number of fused-ring (bicyclic) bond motifs is 1. The molecule has 4 rings (SSSR count). The molecule has 1 heterocycles. The smallest absolute Gasteiger partial charge is 0.294 e. The Balaban J connectivity index is 1.50. The molecule has 0 fully saturated rings. The second-order valence-electron chi connectivity index (χ2n) is 8.55.